The Morgan fingerprint density at radius 3 is 2.53 bits per heavy atom. The number of nitrogens with one attached hydrogen (secondary N) is 3. The molecule has 0 aromatic rings. The molecule has 1 aliphatic rings. The summed E-state index contributed by atoms with van der Waals surface area (Å²) >= 11 is 0. The third kappa shape index (κ3) is 5.01. The van der Waals surface area contributed by atoms with E-state index in [4.69, 9.17) is 10.2 Å². The second-order valence-electron chi connectivity index (χ2n) is 4.05. The number of amides is 2. The van der Waals surface area contributed by atoms with Crippen molar-refractivity contribution in [2.75, 3.05) is 19.7 Å². The number of carbonyl (C=O) groups is 2. The topological polar surface area (TPSA) is 111 Å². The molecule has 17 heavy (non-hydrogen) atoms. The lowest BCUT2D eigenvalue weighted by molar-refractivity contribution is -0.139. The molecule has 98 valence electrons. The van der Waals surface area contributed by atoms with E-state index < -0.39 is 18.0 Å². The van der Waals surface area contributed by atoms with E-state index in [-0.39, 0.29) is 19.1 Å². The van der Waals surface area contributed by atoms with Crippen LogP contribution >= 0.6 is 0 Å². The predicted octanol–water partition coefficient (Wildman–Crippen LogP) is -1.13. The van der Waals surface area contributed by atoms with E-state index in [1.807, 2.05) is 0 Å². The number of carbonyl (C=O) groups excluding carboxylic acids is 1. The van der Waals surface area contributed by atoms with Crippen LogP contribution in [-0.4, -0.2) is 54.0 Å². The molecule has 0 aliphatic carbocycles. The average molecular weight is 245 g/mol. The number of aliphatic hydroxyl groups excluding tert-OH is 1. The molecule has 7 nitrogen and oxygen atoms in total. The minimum absolute atomic E-state index is 0.00890. The van der Waals surface area contributed by atoms with Crippen molar-refractivity contribution >= 4 is 12.0 Å². The minimum Gasteiger partial charge on any atom is -0.480 e. The molecule has 1 rings (SSSR count). The number of aliphatic carboxylic acids is 1. The summed E-state index contributed by atoms with van der Waals surface area (Å²) < 4.78 is 0. The average Bonchev–Trinajstić information content (AvgIpc) is 2.29. The highest BCUT2D eigenvalue weighted by Gasteiger charge is 2.21. The summed E-state index contributed by atoms with van der Waals surface area (Å²) in [5.41, 5.74) is 0. The molecule has 0 aromatic carbocycles. The van der Waals surface area contributed by atoms with Gasteiger partial charge in [0, 0.05) is 19.1 Å². The Kier molecular flexibility index (Phi) is 5.71. The minimum atomic E-state index is -1.14. The molecule has 0 aromatic heterocycles. The normalized spacial score (nSPS) is 18.4. The zero-order valence-electron chi connectivity index (χ0n) is 9.61. The van der Waals surface area contributed by atoms with Crippen LogP contribution < -0.4 is 16.0 Å². The smallest absolute Gasteiger partial charge is 0.326 e. The third-order valence-corrected chi connectivity index (χ3v) is 2.70. The summed E-state index contributed by atoms with van der Waals surface area (Å²) in [7, 11) is 0. The molecule has 5 N–H and O–H groups in total. The van der Waals surface area contributed by atoms with Crippen LogP contribution in [0, 0.1) is 0 Å². The third-order valence-electron chi connectivity index (χ3n) is 2.70. The highest BCUT2D eigenvalue weighted by molar-refractivity contribution is 5.82. The Morgan fingerprint density at radius 1 is 1.35 bits per heavy atom. The highest BCUT2D eigenvalue weighted by Crippen LogP contribution is 2.01. The maximum Gasteiger partial charge on any atom is 0.326 e. The molecule has 0 unspecified atom stereocenters. The lowest BCUT2D eigenvalue weighted by Crippen LogP contribution is -2.51. The quantitative estimate of drug-likeness (QED) is 0.421. The Bertz CT molecular complexity index is 266. The van der Waals surface area contributed by atoms with E-state index in [1.54, 1.807) is 0 Å². The molecule has 0 radical (unpaired) electrons. The van der Waals surface area contributed by atoms with E-state index in [1.165, 1.54) is 0 Å². The summed E-state index contributed by atoms with van der Waals surface area (Å²) in [6, 6.07) is -1.45. The Hall–Kier alpha value is -1.34. The number of hydrogen-bond acceptors (Lipinski definition) is 4. The molecule has 2 amide bonds. The van der Waals surface area contributed by atoms with Crippen LogP contribution in [-0.2, 0) is 4.79 Å². The first kappa shape index (κ1) is 13.7. The van der Waals surface area contributed by atoms with Crippen LogP contribution in [0.4, 0.5) is 4.79 Å². The molecular weight excluding hydrogens is 226 g/mol. The van der Waals surface area contributed by atoms with Crippen molar-refractivity contribution in [1.29, 1.82) is 0 Å². The maximum absolute atomic E-state index is 11.5. The fourth-order valence-electron chi connectivity index (χ4n) is 1.74. The van der Waals surface area contributed by atoms with Crippen molar-refractivity contribution in [2.24, 2.45) is 0 Å². The summed E-state index contributed by atoms with van der Waals surface area (Å²) in [5, 5.41) is 25.7. The lowest BCUT2D eigenvalue weighted by atomic mass is 10.1. The van der Waals surface area contributed by atoms with E-state index >= 15 is 0 Å². The summed E-state index contributed by atoms with van der Waals surface area (Å²) in [6.07, 6.45) is 1.69. The monoisotopic (exact) mass is 245 g/mol. The number of piperidine rings is 1. The van der Waals surface area contributed by atoms with Crippen LogP contribution in [0.25, 0.3) is 0 Å². The van der Waals surface area contributed by atoms with Crippen molar-refractivity contribution in [3.8, 4) is 0 Å². The summed E-state index contributed by atoms with van der Waals surface area (Å²) in [6.45, 7) is 1.43. The van der Waals surface area contributed by atoms with Gasteiger partial charge in [-0.2, -0.15) is 0 Å². The number of rotatable bonds is 5. The van der Waals surface area contributed by atoms with Gasteiger partial charge in [-0.15, -0.1) is 0 Å². The standard InChI is InChI=1S/C10H19N3O4/c14-6-3-8(9(15)16)13-10(17)12-7-1-4-11-5-2-7/h7-8,11,14H,1-6H2,(H,15,16)(H2,12,13,17)/t8-/m1/s1. The SMILES string of the molecule is O=C(NC1CCNCC1)N[C@H](CCO)C(=O)O. The van der Waals surface area contributed by atoms with Gasteiger partial charge in [-0.05, 0) is 25.9 Å². The molecular formula is C10H19N3O4. The van der Waals surface area contributed by atoms with Crippen LogP contribution in [0.1, 0.15) is 19.3 Å². The fourth-order valence-corrected chi connectivity index (χ4v) is 1.74. The van der Waals surface area contributed by atoms with Gasteiger partial charge in [0.25, 0.3) is 0 Å². The molecule has 1 heterocycles. The van der Waals surface area contributed by atoms with Gasteiger partial charge in [-0.3, -0.25) is 0 Å². The van der Waals surface area contributed by atoms with E-state index in [2.05, 4.69) is 16.0 Å². The Labute approximate surface area is 99.6 Å². The van der Waals surface area contributed by atoms with Crippen LogP contribution in [0.5, 0.6) is 0 Å². The second-order valence-corrected chi connectivity index (χ2v) is 4.05. The van der Waals surface area contributed by atoms with Gasteiger partial charge in [0.15, 0.2) is 0 Å². The fraction of sp³-hybridized carbons (Fsp3) is 0.800. The molecule has 1 aliphatic heterocycles. The van der Waals surface area contributed by atoms with Gasteiger partial charge in [0.2, 0.25) is 0 Å². The summed E-state index contributed by atoms with van der Waals surface area (Å²) in [4.78, 5) is 22.3. The van der Waals surface area contributed by atoms with Gasteiger partial charge in [-0.25, -0.2) is 9.59 Å². The van der Waals surface area contributed by atoms with E-state index in [0.717, 1.165) is 25.9 Å². The highest BCUT2D eigenvalue weighted by atomic mass is 16.4. The van der Waals surface area contributed by atoms with Crippen molar-refractivity contribution in [3.63, 3.8) is 0 Å². The zero-order chi connectivity index (χ0) is 12.7. The number of aliphatic hydroxyl groups is 1. The van der Waals surface area contributed by atoms with Gasteiger partial charge < -0.3 is 26.2 Å². The van der Waals surface area contributed by atoms with Crippen LogP contribution in [0.2, 0.25) is 0 Å². The van der Waals surface area contributed by atoms with Crippen molar-refractivity contribution in [1.82, 2.24) is 16.0 Å². The first-order valence-corrected chi connectivity index (χ1v) is 5.75. The van der Waals surface area contributed by atoms with Gasteiger partial charge in [-0.1, -0.05) is 0 Å². The second kappa shape index (κ2) is 7.08. The van der Waals surface area contributed by atoms with E-state index in [9.17, 15) is 9.59 Å². The number of hydrogen-bond donors (Lipinski definition) is 5. The lowest BCUT2D eigenvalue weighted by Gasteiger charge is -2.24. The first-order chi connectivity index (χ1) is 8.13. The Morgan fingerprint density at radius 2 is 2.00 bits per heavy atom. The zero-order valence-corrected chi connectivity index (χ0v) is 9.61. The van der Waals surface area contributed by atoms with Crippen molar-refractivity contribution in [3.05, 3.63) is 0 Å². The van der Waals surface area contributed by atoms with Gasteiger partial charge >= 0.3 is 12.0 Å². The Balaban J connectivity index is 2.33. The van der Waals surface area contributed by atoms with Crippen LogP contribution in [0.15, 0.2) is 0 Å². The van der Waals surface area contributed by atoms with Gasteiger partial charge in [0.1, 0.15) is 6.04 Å². The van der Waals surface area contributed by atoms with Gasteiger partial charge in [0.05, 0.1) is 0 Å². The largest absolute Gasteiger partial charge is 0.480 e. The van der Waals surface area contributed by atoms with Crippen molar-refractivity contribution < 1.29 is 19.8 Å². The van der Waals surface area contributed by atoms with Crippen LogP contribution in [0.3, 0.4) is 0 Å². The molecule has 1 atom stereocenters. The molecule has 1 fully saturated rings. The number of carboxylic acids is 1. The van der Waals surface area contributed by atoms with Crippen molar-refractivity contribution in [2.45, 2.75) is 31.3 Å². The van der Waals surface area contributed by atoms with E-state index in [0.29, 0.717) is 0 Å². The molecule has 0 saturated carbocycles. The summed E-state index contributed by atoms with van der Waals surface area (Å²) in [5.74, 6) is -1.14. The molecule has 0 bridgehead atoms. The molecule has 1 saturated heterocycles. The molecule has 7 heteroatoms. The maximum atomic E-state index is 11.5. The predicted molar refractivity (Wildman–Crippen MR) is 60.7 cm³/mol. The molecule has 0 spiro atoms. The first-order valence-electron chi connectivity index (χ1n) is 5.75. The number of carboxylic acid groups (broad SMARTS) is 1. The number of urea groups is 1.